The summed E-state index contributed by atoms with van der Waals surface area (Å²) in [5, 5.41) is 3.15. The highest BCUT2D eigenvalue weighted by Gasteiger charge is 2.27. The maximum absolute atomic E-state index is 12.5. The number of anilines is 2. The molecule has 4 rings (SSSR count). The third kappa shape index (κ3) is 4.29. The van der Waals surface area contributed by atoms with E-state index < -0.39 is 16.1 Å². The molecule has 0 radical (unpaired) electrons. The normalized spacial score (nSPS) is 17.6. The molecule has 0 atom stereocenters. The first-order valence-corrected chi connectivity index (χ1v) is 11.1. The predicted octanol–water partition coefficient (Wildman–Crippen LogP) is 1.91. The summed E-state index contributed by atoms with van der Waals surface area (Å²) in [6.45, 7) is 3.29. The highest BCUT2D eigenvalue weighted by Crippen LogP contribution is 2.33. The zero-order chi connectivity index (χ0) is 20.4. The Bertz CT molecular complexity index is 1010. The number of rotatable bonds is 5. The van der Waals surface area contributed by atoms with Crippen molar-refractivity contribution in [3.8, 4) is 0 Å². The van der Waals surface area contributed by atoms with Crippen LogP contribution in [0.3, 0.4) is 0 Å². The zero-order valence-corrected chi connectivity index (χ0v) is 17.0. The van der Waals surface area contributed by atoms with Crippen LogP contribution in [0, 0.1) is 6.92 Å². The Balaban J connectivity index is 1.47. The Hall–Kier alpha value is -2.43. The van der Waals surface area contributed by atoms with Crippen LogP contribution in [-0.4, -0.2) is 49.9 Å². The van der Waals surface area contributed by atoms with Gasteiger partial charge in [-0.2, -0.15) is 17.7 Å². The topological polar surface area (TPSA) is 114 Å². The molecule has 29 heavy (non-hydrogen) atoms. The second-order valence-corrected chi connectivity index (χ2v) is 8.88. The van der Waals surface area contributed by atoms with Crippen LogP contribution in [-0.2, 0) is 27.8 Å². The fraction of sp³-hybridized carbons (Fsp3) is 0.474. The van der Waals surface area contributed by atoms with Crippen LogP contribution in [0.2, 0.25) is 0 Å². The van der Waals surface area contributed by atoms with E-state index in [0.717, 1.165) is 36.8 Å². The molecule has 1 aliphatic heterocycles. The summed E-state index contributed by atoms with van der Waals surface area (Å²) >= 11 is 0. The first-order chi connectivity index (χ1) is 13.9. The monoisotopic (exact) mass is 420 g/mol. The van der Waals surface area contributed by atoms with Gasteiger partial charge in [0.1, 0.15) is 6.26 Å². The number of hydrogen-bond acceptors (Lipinski definition) is 7. The Morgan fingerprint density at radius 3 is 2.90 bits per heavy atom. The first kappa shape index (κ1) is 19.9. The molecule has 9 nitrogen and oxygen atoms in total. The summed E-state index contributed by atoms with van der Waals surface area (Å²) in [5.74, 6) is -0.832. The number of fused-ring (bicyclic) bond motifs is 1. The number of aryl methyl sites for hydroxylation is 2. The number of nitrogens with one attached hydrogen (secondary N) is 2. The molecule has 1 saturated heterocycles. The van der Waals surface area contributed by atoms with Gasteiger partial charge in [0.2, 0.25) is 0 Å². The van der Waals surface area contributed by atoms with E-state index in [1.165, 1.54) is 15.4 Å². The van der Waals surface area contributed by atoms with Crippen molar-refractivity contribution in [1.82, 2.24) is 14.0 Å². The number of ether oxygens (including phenoxy) is 1. The van der Waals surface area contributed by atoms with Crippen LogP contribution < -0.4 is 10.0 Å². The van der Waals surface area contributed by atoms with Gasteiger partial charge in [0.15, 0.2) is 5.69 Å². The van der Waals surface area contributed by atoms with Gasteiger partial charge in [-0.3, -0.25) is 4.79 Å². The maximum Gasteiger partial charge on any atom is 0.304 e. The van der Waals surface area contributed by atoms with Crippen LogP contribution in [0.1, 0.15) is 40.0 Å². The van der Waals surface area contributed by atoms with Crippen LogP contribution in [0.25, 0.3) is 0 Å². The third-order valence-corrected chi connectivity index (χ3v) is 6.69. The van der Waals surface area contributed by atoms with E-state index in [-0.39, 0.29) is 18.3 Å². The van der Waals surface area contributed by atoms with Crippen molar-refractivity contribution < 1.29 is 22.4 Å². The van der Waals surface area contributed by atoms with E-state index in [4.69, 9.17) is 9.15 Å². The molecule has 2 heterocycles. The molecular formula is C19H24N4O5S. The number of aromatic nitrogens is 1. The molecule has 1 aromatic heterocycles. The van der Waals surface area contributed by atoms with Crippen molar-refractivity contribution in [1.29, 1.82) is 0 Å². The van der Waals surface area contributed by atoms with E-state index in [0.29, 0.717) is 26.2 Å². The number of amides is 1. The molecule has 2 N–H and O–H groups in total. The fourth-order valence-corrected chi connectivity index (χ4v) is 4.85. The van der Waals surface area contributed by atoms with E-state index >= 15 is 0 Å². The lowest BCUT2D eigenvalue weighted by Crippen LogP contribution is -2.44. The standard InChI is InChI=1S/C19H24N4O5S/c1-13-6-7-14-4-2-5-15(14)17(13)21-19-20-16(12-28-19)18(24)22-29(25,26)23-8-3-10-27-11-9-23/h6-7,12H,2-5,8-11H2,1H3,(H,20,21)(H,22,24). The molecule has 1 fully saturated rings. The second-order valence-electron chi connectivity index (χ2n) is 7.21. The van der Waals surface area contributed by atoms with Gasteiger partial charge in [0, 0.05) is 25.4 Å². The fourth-order valence-electron chi connectivity index (χ4n) is 3.70. The Morgan fingerprint density at radius 1 is 1.17 bits per heavy atom. The van der Waals surface area contributed by atoms with Crippen molar-refractivity contribution in [2.24, 2.45) is 0 Å². The Morgan fingerprint density at radius 2 is 2.03 bits per heavy atom. The minimum atomic E-state index is -3.97. The van der Waals surface area contributed by atoms with Crippen LogP contribution in [0.5, 0.6) is 0 Å². The summed E-state index contributed by atoms with van der Waals surface area (Å²) in [4.78, 5) is 16.5. The van der Waals surface area contributed by atoms with E-state index in [9.17, 15) is 13.2 Å². The van der Waals surface area contributed by atoms with E-state index in [1.807, 2.05) is 13.0 Å². The van der Waals surface area contributed by atoms with Crippen LogP contribution in [0.15, 0.2) is 22.8 Å². The van der Waals surface area contributed by atoms with Crippen LogP contribution in [0.4, 0.5) is 11.7 Å². The average Bonchev–Trinajstić information content (AvgIpc) is 3.26. The van der Waals surface area contributed by atoms with Gasteiger partial charge >= 0.3 is 10.2 Å². The summed E-state index contributed by atoms with van der Waals surface area (Å²) in [6, 6.07) is 4.33. The largest absolute Gasteiger partial charge is 0.431 e. The number of hydrogen-bond donors (Lipinski definition) is 2. The molecule has 10 heteroatoms. The SMILES string of the molecule is Cc1ccc2c(c1Nc1nc(C(=O)NS(=O)(=O)N3CCCOCC3)co1)CCC2. The number of oxazole rings is 1. The molecule has 2 aromatic rings. The molecular weight excluding hydrogens is 396 g/mol. The van der Waals surface area contributed by atoms with Gasteiger partial charge in [0.25, 0.3) is 11.9 Å². The number of benzene rings is 1. The quantitative estimate of drug-likeness (QED) is 0.759. The lowest BCUT2D eigenvalue weighted by atomic mass is 10.0. The molecule has 0 unspecified atom stereocenters. The molecule has 1 aromatic carbocycles. The zero-order valence-electron chi connectivity index (χ0n) is 16.2. The average molecular weight is 420 g/mol. The first-order valence-electron chi connectivity index (χ1n) is 9.68. The van der Waals surface area contributed by atoms with Crippen molar-refractivity contribution in [3.05, 3.63) is 40.8 Å². The number of carbonyl (C=O) groups is 1. The highest BCUT2D eigenvalue weighted by molar-refractivity contribution is 7.87. The van der Waals surface area contributed by atoms with Gasteiger partial charge in [-0.1, -0.05) is 12.1 Å². The van der Waals surface area contributed by atoms with Gasteiger partial charge in [-0.25, -0.2) is 4.72 Å². The third-order valence-electron chi connectivity index (χ3n) is 5.20. The summed E-state index contributed by atoms with van der Waals surface area (Å²) in [5.41, 5.74) is 4.43. The lowest BCUT2D eigenvalue weighted by Gasteiger charge is -2.18. The molecule has 0 bridgehead atoms. The van der Waals surface area contributed by atoms with Gasteiger partial charge in [0.05, 0.1) is 6.61 Å². The highest BCUT2D eigenvalue weighted by atomic mass is 32.2. The molecule has 2 aliphatic rings. The summed E-state index contributed by atoms with van der Waals surface area (Å²) < 4.78 is 38.8. The van der Waals surface area contributed by atoms with Crippen LogP contribution >= 0.6 is 0 Å². The van der Waals surface area contributed by atoms with Gasteiger partial charge < -0.3 is 14.5 Å². The molecule has 0 saturated carbocycles. The van der Waals surface area contributed by atoms with Crippen molar-refractivity contribution in [2.45, 2.75) is 32.6 Å². The van der Waals surface area contributed by atoms with Crippen molar-refractivity contribution >= 4 is 27.8 Å². The molecule has 0 spiro atoms. The minimum Gasteiger partial charge on any atom is -0.431 e. The molecule has 156 valence electrons. The summed E-state index contributed by atoms with van der Waals surface area (Å²) in [7, 11) is -3.97. The Kier molecular flexibility index (Phi) is 5.57. The molecule has 1 aliphatic carbocycles. The number of carbonyl (C=O) groups excluding carboxylic acids is 1. The lowest BCUT2D eigenvalue weighted by molar-refractivity contribution is 0.0973. The minimum absolute atomic E-state index is 0.104. The Labute approximate surface area is 169 Å². The van der Waals surface area contributed by atoms with E-state index in [1.54, 1.807) is 0 Å². The summed E-state index contributed by atoms with van der Waals surface area (Å²) in [6.07, 6.45) is 4.85. The maximum atomic E-state index is 12.5. The van der Waals surface area contributed by atoms with Crippen molar-refractivity contribution in [2.75, 3.05) is 31.6 Å². The van der Waals surface area contributed by atoms with Gasteiger partial charge in [-0.05, 0) is 49.3 Å². The van der Waals surface area contributed by atoms with Gasteiger partial charge in [-0.15, -0.1) is 0 Å². The smallest absolute Gasteiger partial charge is 0.304 e. The van der Waals surface area contributed by atoms with E-state index in [2.05, 4.69) is 21.1 Å². The second kappa shape index (κ2) is 8.13. The van der Waals surface area contributed by atoms with Crippen molar-refractivity contribution in [3.63, 3.8) is 0 Å². The predicted molar refractivity (Wildman–Crippen MR) is 106 cm³/mol. The number of nitrogens with zero attached hydrogens (tertiary/aromatic N) is 2. The molecule has 1 amide bonds.